The van der Waals surface area contributed by atoms with Crippen LogP contribution in [0.15, 0.2) is 12.7 Å². The van der Waals surface area contributed by atoms with E-state index in [0.717, 1.165) is 6.42 Å². The molecule has 0 rings (SSSR count). The molecule has 0 N–H and O–H groups in total. The minimum atomic E-state index is 1.08. The molecule has 0 aromatic rings. The largest absolute Gasteiger partial charge is 0.103 e. The minimum absolute atomic E-state index is 1.08. The average Bonchev–Trinajstić information content (AvgIpc) is 2.23. The van der Waals surface area contributed by atoms with Gasteiger partial charge in [0.25, 0.3) is 0 Å². The lowest BCUT2D eigenvalue weighted by atomic mass is 10.4. The highest BCUT2D eigenvalue weighted by molar-refractivity contribution is 4.60. The molecule has 0 amide bonds. The quantitative estimate of drug-likeness (QED) is 0.489. The first-order chi connectivity index (χ1) is 5.83. The fraction of sp³-hybridized carbons (Fsp3) is 0.833. The topological polar surface area (TPSA) is 0 Å². The molecule has 0 heteroatoms. The van der Waals surface area contributed by atoms with Crippen LogP contribution >= 0.6 is 0 Å². The van der Waals surface area contributed by atoms with Crippen molar-refractivity contribution in [2.75, 3.05) is 0 Å². The molecule has 0 aromatic carbocycles. The van der Waals surface area contributed by atoms with E-state index in [-0.39, 0.29) is 0 Å². The first kappa shape index (κ1) is 22.6. The minimum Gasteiger partial charge on any atom is -0.103 e. The predicted molar refractivity (Wildman–Crippen MR) is 63.8 cm³/mol. The second-order valence-electron chi connectivity index (χ2n) is 1.70. The summed E-state index contributed by atoms with van der Waals surface area (Å²) >= 11 is 0. The molecular formula is C12H30. The zero-order chi connectivity index (χ0) is 10.8. The van der Waals surface area contributed by atoms with Gasteiger partial charge in [-0.25, -0.2) is 0 Å². The van der Waals surface area contributed by atoms with Crippen LogP contribution in [0.25, 0.3) is 0 Å². The van der Waals surface area contributed by atoms with E-state index in [9.17, 15) is 0 Å². The Bertz CT molecular complexity index is 27.0. The maximum Gasteiger partial charge on any atom is -0.0382 e. The van der Waals surface area contributed by atoms with Crippen molar-refractivity contribution in [3.8, 4) is 0 Å². The van der Waals surface area contributed by atoms with Crippen LogP contribution in [0.2, 0.25) is 0 Å². The Kier molecular flexibility index (Phi) is 137. The van der Waals surface area contributed by atoms with Gasteiger partial charge in [0.2, 0.25) is 0 Å². The van der Waals surface area contributed by atoms with Gasteiger partial charge >= 0.3 is 0 Å². The molecule has 78 valence electrons. The van der Waals surface area contributed by atoms with Crippen LogP contribution in [-0.2, 0) is 0 Å². The van der Waals surface area contributed by atoms with E-state index in [1.165, 1.54) is 12.8 Å². The third-order valence-electron chi connectivity index (χ3n) is 0.789. The number of allylic oxidation sites excluding steroid dienone is 1. The molecule has 0 unspecified atom stereocenters. The monoisotopic (exact) mass is 174 g/mol. The van der Waals surface area contributed by atoms with Crippen molar-refractivity contribution in [1.29, 1.82) is 0 Å². The summed E-state index contributed by atoms with van der Waals surface area (Å²) in [6.07, 6.45) is 5.60. The average molecular weight is 174 g/mol. The SMILES string of the molecule is C=CCC.CC.CC.CCCC. The summed E-state index contributed by atoms with van der Waals surface area (Å²) in [4.78, 5) is 0. The lowest BCUT2D eigenvalue weighted by molar-refractivity contribution is 0.886. The van der Waals surface area contributed by atoms with E-state index in [1.807, 2.05) is 33.8 Å². The lowest BCUT2D eigenvalue weighted by Gasteiger charge is -1.68. The molecule has 0 radical (unpaired) electrons. The second kappa shape index (κ2) is 72.8. The van der Waals surface area contributed by atoms with Crippen LogP contribution < -0.4 is 0 Å². The Morgan fingerprint density at radius 2 is 1.00 bits per heavy atom. The summed E-state index contributed by atoms with van der Waals surface area (Å²) in [5, 5.41) is 0. The fourth-order valence-electron chi connectivity index (χ4n) is 0. The summed E-state index contributed by atoms with van der Waals surface area (Å²) in [5.74, 6) is 0. The van der Waals surface area contributed by atoms with E-state index < -0.39 is 0 Å². The molecule has 12 heavy (non-hydrogen) atoms. The molecule has 0 fully saturated rings. The van der Waals surface area contributed by atoms with Crippen molar-refractivity contribution >= 4 is 0 Å². The van der Waals surface area contributed by atoms with E-state index in [2.05, 4.69) is 27.4 Å². The van der Waals surface area contributed by atoms with E-state index in [1.54, 1.807) is 0 Å². The molecule has 0 aliphatic carbocycles. The zero-order valence-corrected chi connectivity index (χ0v) is 10.4. The van der Waals surface area contributed by atoms with Gasteiger partial charge in [-0.05, 0) is 6.42 Å². The maximum atomic E-state index is 3.48. The molecule has 0 bridgehead atoms. The predicted octanol–water partition coefficient (Wildman–Crippen LogP) is 5.44. The van der Waals surface area contributed by atoms with Gasteiger partial charge in [-0.2, -0.15) is 0 Å². The van der Waals surface area contributed by atoms with Crippen LogP contribution in [0.5, 0.6) is 0 Å². The third kappa shape index (κ3) is 246. The molecule has 0 saturated carbocycles. The first-order valence-electron chi connectivity index (χ1n) is 5.44. The van der Waals surface area contributed by atoms with Gasteiger partial charge in [-0.15, -0.1) is 6.58 Å². The highest BCUT2D eigenvalue weighted by Crippen LogP contribution is 1.76. The van der Waals surface area contributed by atoms with Crippen molar-refractivity contribution in [3.05, 3.63) is 12.7 Å². The standard InChI is InChI=1S/C4H10.C4H8.2C2H6/c2*1-3-4-2;2*1-2/h3-4H2,1-2H3;3H,1,4H2,2H3;2*1-2H3. The first-order valence-corrected chi connectivity index (χ1v) is 5.44. The van der Waals surface area contributed by atoms with Gasteiger partial charge < -0.3 is 0 Å². The normalized spacial score (nSPS) is 5.58. The van der Waals surface area contributed by atoms with Crippen LogP contribution in [-0.4, -0.2) is 0 Å². The van der Waals surface area contributed by atoms with Gasteiger partial charge in [0, 0.05) is 0 Å². The second-order valence-corrected chi connectivity index (χ2v) is 1.70. The van der Waals surface area contributed by atoms with Crippen LogP contribution in [0, 0.1) is 0 Å². The van der Waals surface area contributed by atoms with Crippen LogP contribution in [0.1, 0.15) is 67.7 Å². The van der Waals surface area contributed by atoms with Gasteiger partial charge in [-0.3, -0.25) is 0 Å². The zero-order valence-electron chi connectivity index (χ0n) is 10.4. The maximum absolute atomic E-state index is 3.48. The Balaban J connectivity index is -0.0000000380. The molecule has 0 aliphatic heterocycles. The van der Waals surface area contributed by atoms with Crippen molar-refractivity contribution < 1.29 is 0 Å². The molecule has 0 saturated heterocycles. The Morgan fingerprint density at radius 3 is 1.00 bits per heavy atom. The Hall–Kier alpha value is -0.260. The molecular weight excluding hydrogens is 144 g/mol. The lowest BCUT2D eigenvalue weighted by Crippen LogP contribution is -1.47. The third-order valence-corrected chi connectivity index (χ3v) is 0.789. The molecule has 0 nitrogen and oxygen atoms in total. The summed E-state index contributed by atoms with van der Waals surface area (Å²) in [7, 11) is 0. The molecule has 0 heterocycles. The van der Waals surface area contributed by atoms with E-state index in [4.69, 9.17) is 0 Å². The van der Waals surface area contributed by atoms with Crippen LogP contribution in [0.3, 0.4) is 0 Å². The van der Waals surface area contributed by atoms with E-state index in [0.29, 0.717) is 0 Å². The fourth-order valence-corrected chi connectivity index (χ4v) is 0. The summed E-state index contributed by atoms with van der Waals surface area (Å²) in [6, 6.07) is 0. The Labute approximate surface area is 81.1 Å². The van der Waals surface area contributed by atoms with Crippen molar-refractivity contribution in [2.45, 2.75) is 67.7 Å². The van der Waals surface area contributed by atoms with Crippen molar-refractivity contribution in [1.82, 2.24) is 0 Å². The number of rotatable bonds is 2. The van der Waals surface area contributed by atoms with Crippen molar-refractivity contribution in [3.63, 3.8) is 0 Å². The highest BCUT2D eigenvalue weighted by atomic mass is 13.6. The van der Waals surface area contributed by atoms with Gasteiger partial charge in [-0.1, -0.05) is 67.4 Å². The summed E-state index contributed by atoms with van der Waals surface area (Å²) in [6.45, 7) is 17.9. The smallest absolute Gasteiger partial charge is 0.0382 e. The Morgan fingerprint density at radius 1 is 0.833 bits per heavy atom. The van der Waals surface area contributed by atoms with Gasteiger partial charge in [0.15, 0.2) is 0 Å². The molecule has 0 atom stereocenters. The number of hydrogen-bond donors (Lipinski definition) is 0. The number of unbranched alkanes of at least 4 members (excludes halogenated alkanes) is 1. The van der Waals surface area contributed by atoms with Crippen LogP contribution in [0.4, 0.5) is 0 Å². The van der Waals surface area contributed by atoms with Crippen molar-refractivity contribution in [2.24, 2.45) is 0 Å². The summed E-state index contributed by atoms with van der Waals surface area (Å²) < 4.78 is 0. The number of hydrogen-bond acceptors (Lipinski definition) is 0. The molecule has 0 aliphatic rings. The summed E-state index contributed by atoms with van der Waals surface area (Å²) in [5.41, 5.74) is 0. The highest BCUT2D eigenvalue weighted by Gasteiger charge is 1.56. The van der Waals surface area contributed by atoms with E-state index >= 15 is 0 Å². The van der Waals surface area contributed by atoms with Gasteiger partial charge in [0.05, 0.1) is 0 Å². The molecule has 0 spiro atoms. The molecule has 0 aromatic heterocycles. The van der Waals surface area contributed by atoms with Gasteiger partial charge in [0.1, 0.15) is 0 Å².